The number of rotatable bonds is 5. The summed E-state index contributed by atoms with van der Waals surface area (Å²) in [6, 6.07) is 25.1. The van der Waals surface area contributed by atoms with Gasteiger partial charge in [0.2, 0.25) is 0 Å². The van der Waals surface area contributed by atoms with Crippen molar-refractivity contribution < 1.29 is 19.1 Å². The predicted molar refractivity (Wildman–Crippen MR) is 142 cm³/mol. The van der Waals surface area contributed by atoms with Gasteiger partial charge in [0.25, 0.3) is 0 Å². The van der Waals surface area contributed by atoms with Crippen LogP contribution in [-0.4, -0.2) is 23.1 Å². The third-order valence-corrected chi connectivity index (χ3v) is 6.32. The molecular formula is C31H27NO4. The molecule has 0 aliphatic carbocycles. The van der Waals surface area contributed by atoms with Gasteiger partial charge in [-0.05, 0) is 58.0 Å². The minimum absolute atomic E-state index is 0.262. The van der Waals surface area contributed by atoms with Crippen LogP contribution in [0.3, 0.4) is 0 Å². The van der Waals surface area contributed by atoms with Crippen molar-refractivity contribution in [1.82, 2.24) is 4.57 Å². The van der Waals surface area contributed by atoms with Gasteiger partial charge in [-0.15, -0.1) is 0 Å². The van der Waals surface area contributed by atoms with Crippen LogP contribution in [0.2, 0.25) is 0 Å². The zero-order valence-corrected chi connectivity index (χ0v) is 20.8. The highest BCUT2D eigenvalue weighted by atomic mass is 16.5. The summed E-state index contributed by atoms with van der Waals surface area (Å²) in [5, 5.41) is 2.34. The highest BCUT2D eigenvalue weighted by Gasteiger charge is 2.25. The van der Waals surface area contributed by atoms with Gasteiger partial charge in [0.05, 0.1) is 23.3 Å². The highest BCUT2D eigenvalue weighted by Crippen LogP contribution is 2.40. The molecule has 5 nitrogen and oxygen atoms in total. The Morgan fingerprint density at radius 1 is 0.750 bits per heavy atom. The molecule has 0 bridgehead atoms. The lowest BCUT2D eigenvalue weighted by Crippen LogP contribution is -2.10. The minimum Gasteiger partial charge on any atom is -0.462 e. The smallest absolute Gasteiger partial charge is 0.343 e. The van der Waals surface area contributed by atoms with Crippen molar-refractivity contribution in [2.24, 2.45) is 0 Å². The largest absolute Gasteiger partial charge is 0.462 e. The maximum absolute atomic E-state index is 13.2. The molecule has 5 aromatic rings. The fourth-order valence-corrected chi connectivity index (χ4v) is 4.93. The van der Waals surface area contributed by atoms with Gasteiger partial charge in [-0.3, -0.25) is 0 Å². The summed E-state index contributed by atoms with van der Waals surface area (Å²) in [5.41, 5.74) is 5.48. The molecule has 0 N–H and O–H groups in total. The second-order valence-electron chi connectivity index (χ2n) is 8.93. The van der Waals surface area contributed by atoms with E-state index in [1.54, 1.807) is 13.0 Å². The van der Waals surface area contributed by atoms with Crippen molar-refractivity contribution in [3.05, 3.63) is 107 Å². The van der Waals surface area contributed by atoms with Crippen molar-refractivity contribution in [3.63, 3.8) is 0 Å². The van der Waals surface area contributed by atoms with Crippen LogP contribution in [0.1, 0.15) is 44.5 Å². The predicted octanol–water partition coefficient (Wildman–Crippen LogP) is 7.10. The molecule has 5 rings (SSSR count). The summed E-state index contributed by atoms with van der Waals surface area (Å²) in [4.78, 5) is 26.3. The van der Waals surface area contributed by atoms with E-state index in [0.717, 1.165) is 38.8 Å². The number of hydrogen-bond acceptors (Lipinski definition) is 4. The van der Waals surface area contributed by atoms with E-state index in [0.29, 0.717) is 22.3 Å². The molecule has 1 aromatic heterocycles. The SMILES string of the molecule is CCOC(=O)c1c(C)n(-c2ccccc2)c2c1cc(OC(=O)c1cc(C)cc(C)c1)c1ccccc12. The fraction of sp³-hybridized carbons (Fsp3) is 0.161. The van der Waals surface area contributed by atoms with Gasteiger partial charge in [-0.1, -0.05) is 59.7 Å². The van der Waals surface area contributed by atoms with E-state index < -0.39 is 11.9 Å². The number of para-hydroxylation sites is 1. The van der Waals surface area contributed by atoms with Crippen LogP contribution >= 0.6 is 0 Å². The number of hydrogen-bond donors (Lipinski definition) is 0. The van der Waals surface area contributed by atoms with Crippen LogP contribution in [0.4, 0.5) is 0 Å². The normalized spacial score (nSPS) is 11.1. The van der Waals surface area contributed by atoms with Crippen LogP contribution < -0.4 is 4.74 Å². The second-order valence-corrected chi connectivity index (χ2v) is 8.93. The van der Waals surface area contributed by atoms with Crippen LogP contribution in [0.15, 0.2) is 78.9 Å². The molecule has 4 aromatic carbocycles. The number of carbonyl (C=O) groups excluding carboxylic acids is 2. The average molecular weight is 478 g/mol. The van der Waals surface area contributed by atoms with Crippen LogP contribution in [-0.2, 0) is 4.74 Å². The Labute approximate surface area is 209 Å². The zero-order valence-electron chi connectivity index (χ0n) is 20.8. The number of fused-ring (bicyclic) bond motifs is 3. The molecule has 0 fully saturated rings. The third kappa shape index (κ3) is 4.03. The molecule has 0 atom stereocenters. The average Bonchev–Trinajstić information content (AvgIpc) is 3.16. The zero-order chi connectivity index (χ0) is 25.4. The van der Waals surface area contributed by atoms with E-state index >= 15 is 0 Å². The number of carbonyl (C=O) groups is 2. The Bertz CT molecular complexity index is 1610. The maximum Gasteiger partial charge on any atom is 0.343 e. The lowest BCUT2D eigenvalue weighted by Gasteiger charge is -2.13. The minimum atomic E-state index is -0.441. The van der Waals surface area contributed by atoms with Gasteiger partial charge in [-0.2, -0.15) is 0 Å². The standard InChI is InChI=1S/C31H27NO4/c1-5-35-31(34)28-21(4)32(23-11-7-6-8-12-23)29-25-14-10-9-13-24(25)27(18-26(28)29)36-30(33)22-16-19(2)15-20(3)17-22/h6-18H,5H2,1-4H3. The Morgan fingerprint density at radius 2 is 1.39 bits per heavy atom. The molecule has 0 unspecified atom stereocenters. The van der Waals surface area contributed by atoms with Crippen LogP contribution in [0.5, 0.6) is 5.75 Å². The Balaban J connectivity index is 1.79. The Kier molecular flexibility index (Phi) is 6.06. The topological polar surface area (TPSA) is 57.5 Å². The monoisotopic (exact) mass is 477 g/mol. The third-order valence-electron chi connectivity index (χ3n) is 6.32. The molecule has 36 heavy (non-hydrogen) atoms. The molecule has 0 spiro atoms. The van der Waals surface area contributed by atoms with Crippen molar-refractivity contribution >= 4 is 33.6 Å². The summed E-state index contributed by atoms with van der Waals surface area (Å²) >= 11 is 0. The summed E-state index contributed by atoms with van der Waals surface area (Å²) < 4.78 is 13.5. The first-order valence-corrected chi connectivity index (χ1v) is 12.0. The van der Waals surface area contributed by atoms with Gasteiger partial charge < -0.3 is 14.0 Å². The number of aromatic nitrogens is 1. The number of ether oxygens (including phenoxy) is 2. The van der Waals surface area contributed by atoms with Gasteiger partial charge in [0.1, 0.15) is 5.75 Å². The fourth-order valence-electron chi connectivity index (χ4n) is 4.93. The summed E-state index contributed by atoms with van der Waals surface area (Å²) in [7, 11) is 0. The molecular weight excluding hydrogens is 450 g/mol. The second kappa shape index (κ2) is 9.34. The Hall–Kier alpha value is -4.38. The lowest BCUT2D eigenvalue weighted by molar-refractivity contribution is 0.0527. The van der Waals surface area contributed by atoms with E-state index in [2.05, 4.69) is 4.57 Å². The van der Waals surface area contributed by atoms with Gasteiger partial charge in [0.15, 0.2) is 0 Å². The molecule has 1 heterocycles. The molecule has 0 amide bonds. The van der Waals surface area contributed by atoms with E-state index in [9.17, 15) is 9.59 Å². The number of nitrogens with zero attached hydrogens (tertiary/aromatic N) is 1. The van der Waals surface area contributed by atoms with E-state index in [-0.39, 0.29) is 6.61 Å². The first-order chi connectivity index (χ1) is 17.4. The molecule has 5 heteroatoms. The maximum atomic E-state index is 13.2. The van der Waals surface area contributed by atoms with E-state index in [4.69, 9.17) is 9.47 Å². The lowest BCUT2D eigenvalue weighted by atomic mass is 10.0. The van der Waals surface area contributed by atoms with Gasteiger partial charge in [0, 0.05) is 27.5 Å². The molecule has 0 aliphatic heterocycles. The van der Waals surface area contributed by atoms with Crippen molar-refractivity contribution in [2.75, 3.05) is 6.61 Å². The molecule has 0 saturated heterocycles. The highest BCUT2D eigenvalue weighted by molar-refractivity contribution is 6.17. The molecule has 180 valence electrons. The molecule has 0 aliphatic rings. The molecule has 0 saturated carbocycles. The van der Waals surface area contributed by atoms with Crippen molar-refractivity contribution in [3.8, 4) is 11.4 Å². The number of aryl methyl sites for hydroxylation is 2. The Morgan fingerprint density at radius 3 is 2.06 bits per heavy atom. The quantitative estimate of drug-likeness (QED) is 0.200. The van der Waals surface area contributed by atoms with Crippen molar-refractivity contribution in [2.45, 2.75) is 27.7 Å². The van der Waals surface area contributed by atoms with Gasteiger partial charge in [-0.25, -0.2) is 9.59 Å². The van der Waals surface area contributed by atoms with Crippen LogP contribution in [0, 0.1) is 20.8 Å². The number of esters is 2. The van der Waals surface area contributed by atoms with E-state index in [1.807, 2.05) is 93.6 Å². The first-order valence-electron chi connectivity index (χ1n) is 12.0. The summed E-state index contributed by atoms with van der Waals surface area (Å²) in [5.74, 6) is -0.447. The van der Waals surface area contributed by atoms with Crippen LogP contribution in [0.25, 0.3) is 27.4 Å². The molecule has 0 radical (unpaired) electrons. The first kappa shape index (κ1) is 23.4. The summed E-state index contributed by atoms with van der Waals surface area (Å²) in [6.07, 6.45) is 0. The summed E-state index contributed by atoms with van der Waals surface area (Å²) in [6.45, 7) is 7.86. The van der Waals surface area contributed by atoms with Gasteiger partial charge >= 0.3 is 11.9 Å². The van der Waals surface area contributed by atoms with Crippen molar-refractivity contribution in [1.29, 1.82) is 0 Å². The number of benzene rings is 4. The van der Waals surface area contributed by atoms with E-state index in [1.165, 1.54) is 0 Å².